The summed E-state index contributed by atoms with van der Waals surface area (Å²) in [4.78, 5) is 13.3. The van der Waals surface area contributed by atoms with Crippen LogP contribution in [0.25, 0.3) is 0 Å². The molecule has 0 aliphatic carbocycles. The highest BCUT2D eigenvalue weighted by Crippen LogP contribution is 2.29. The predicted octanol–water partition coefficient (Wildman–Crippen LogP) is 0.519. The lowest BCUT2D eigenvalue weighted by atomic mass is 10.2. The van der Waals surface area contributed by atoms with Gasteiger partial charge in [-0.15, -0.1) is 0 Å². The molecule has 0 saturated heterocycles. The van der Waals surface area contributed by atoms with Crippen molar-refractivity contribution in [2.75, 3.05) is 25.6 Å². The van der Waals surface area contributed by atoms with Gasteiger partial charge in [0, 0.05) is 26.4 Å². The number of carbonyl (C=O) groups excluding carboxylic acids is 1. The molecule has 1 aliphatic rings. The first-order chi connectivity index (χ1) is 9.35. The lowest BCUT2D eigenvalue weighted by Gasteiger charge is -2.13. The lowest BCUT2D eigenvalue weighted by Crippen LogP contribution is -2.31. The molecule has 7 heteroatoms. The maximum Gasteiger partial charge on any atom is 0.240 e. The molecule has 0 fully saturated rings. The standard InChI is InChI=1S/C13H18N2O4S/c1-9(19-3)8-14-20(17,18)11-4-5-12-10(6-11)7-13(16)15(12)2/h4-6,9,14H,7-8H2,1-3H3. The first-order valence-electron chi connectivity index (χ1n) is 6.27. The Kier molecular flexibility index (Phi) is 4.12. The molecular formula is C13H18N2O4S. The van der Waals surface area contributed by atoms with E-state index in [0.717, 1.165) is 11.3 Å². The van der Waals surface area contributed by atoms with Crippen LogP contribution in [-0.4, -0.2) is 41.1 Å². The van der Waals surface area contributed by atoms with E-state index in [9.17, 15) is 13.2 Å². The fourth-order valence-electron chi connectivity index (χ4n) is 2.01. The zero-order chi connectivity index (χ0) is 14.9. The smallest absolute Gasteiger partial charge is 0.240 e. The largest absolute Gasteiger partial charge is 0.380 e. The maximum atomic E-state index is 12.2. The normalized spacial score (nSPS) is 16.4. The van der Waals surface area contributed by atoms with Gasteiger partial charge >= 0.3 is 0 Å². The molecule has 0 saturated carbocycles. The number of nitrogens with zero attached hydrogens (tertiary/aromatic N) is 1. The van der Waals surface area contributed by atoms with Crippen LogP contribution in [0.4, 0.5) is 5.69 Å². The highest BCUT2D eigenvalue weighted by atomic mass is 32.2. The second-order valence-electron chi connectivity index (χ2n) is 4.82. The number of ether oxygens (including phenoxy) is 1. The van der Waals surface area contributed by atoms with Gasteiger partial charge in [-0.05, 0) is 30.7 Å². The van der Waals surface area contributed by atoms with Crippen LogP contribution in [0.15, 0.2) is 23.1 Å². The zero-order valence-electron chi connectivity index (χ0n) is 11.7. The van der Waals surface area contributed by atoms with Crippen LogP contribution in [0.2, 0.25) is 0 Å². The van der Waals surface area contributed by atoms with Crippen LogP contribution < -0.4 is 9.62 Å². The van der Waals surface area contributed by atoms with Crippen LogP contribution in [-0.2, 0) is 26.0 Å². The number of hydrogen-bond acceptors (Lipinski definition) is 4. The number of rotatable bonds is 5. The number of fused-ring (bicyclic) bond motifs is 1. The molecule has 1 unspecified atom stereocenters. The SMILES string of the molecule is COC(C)CNS(=O)(=O)c1ccc2c(c1)CC(=O)N2C. The van der Waals surface area contributed by atoms with Gasteiger partial charge in [0.05, 0.1) is 17.4 Å². The minimum Gasteiger partial charge on any atom is -0.380 e. The van der Waals surface area contributed by atoms with E-state index in [1.54, 1.807) is 26.1 Å². The molecule has 20 heavy (non-hydrogen) atoms. The summed E-state index contributed by atoms with van der Waals surface area (Å²) in [6.07, 6.45) is 0.0378. The Hall–Kier alpha value is -1.44. The molecule has 0 bridgehead atoms. The van der Waals surface area contributed by atoms with E-state index in [1.165, 1.54) is 18.1 Å². The van der Waals surface area contributed by atoms with Crippen LogP contribution in [0.1, 0.15) is 12.5 Å². The van der Waals surface area contributed by atoms with Crippen molar-refractivity contribution < 1.29 is 17.9 Å². The number of sulfonamides is 1. The number of likely N-dealkylation sites (N-methyl/N-ethyl adjacent to an activating group) is 1. The second kappa shape index (κ2) is 5.51. The number of nitrogens with one attached hydrogen (secondary N) is 1. The maximum absolute atomic E-state index is 12.2. The average molecular weight is 298 g/mol. The van der Waals surface area contributed by atoms with Gasteiger partial charge in [-0.2, -0.15) is 0 Å². The minimum absolute atomic E-state index is 0.0319. The summed E-state index contributed by atoms with van der Waals surface area (Å²) in [5, 5.41) is 0. The Morgan fingerprint density at radius 1 is 1.45 bits per heavy atom. The minimum atomic E-state index is -3.58. The van der Waals surface area contributed by atoms with Gasteiger partial charge in [0.1, 0.15) is 0 Å². The number of amides is 1. The predicted molar refractivity (Wildman–Crippen MR) is 75.2 cm³/mol. The fourth-order valence-corrected chi connectivity index (χ4v) is 3.17. The highest BCUT2D eigenvalue weighted by Gasteiger charge is 2.26. The van der Waals surface area contributed by atoms with Crippen LogP contribution >= 0.6 is 0 Å². The van der Waals surface area contributed by atoms with E-state index >= 15 is 0 Å². The Morgan fingerprint density at radius 3 is 2.80 bits per heavy atom. The van der Waals surface area contributed by atoms with Crippen LogP contribution in [0.5, 0.6) is 0 Å². The van der Waals surface area contributed by atoms with Crippen molar-refractivity contribution in [3.8, 4) is 0 Å². The van der Waals surface area contributed by atoms with E-state index < -0.39 is 10.0 Å². The van der Waals surface area contributed by atoms with Crippen LogP contribution in [0.3, 0.4) is 0 Å². The van der Waals surface area contributed by atoms with Gasteiger partial charge in [0.2, 0.25) is 15.9 Å². The monoisotopic (exact) mass is 298 g/mol. The van der Waals surface area contributed by atoms with E-state index in [2.05, 4.69) is 4.72 Å². The van der Waals surface area contributed by atoms with Gasteiger partial charge in [-0.1, -0.05) is 0 Å². The van der Waals surface area contributed by atoms with Crippen LogP contribution in [0, 0.1) is 0 Å². The quantitative estimate of drug-likeness (QED) is 0.860. The van der Waals surface area contributed by atoms with Gasteiger partial charge in [-0.3, -0.25) is 4.79 Å². The highest BCUT2D eigenvalue weighted by molar-refractivity contribution is 7.89. The van der Waals surface area contributed by atoms with E-state index in [0.29, 0.717) is 0 Å². The zero-order valence-corrected chi connectivity index (χ0v) is 12.5. The summed E-state index contributed by atoms with van der Waals surface area (Å²) in [5.74, 6) is -0.0319. The van der Waals surface area contributed by atoms with E-state index in [1.807, 2.05) is 0 Å². The molecule has 1 atom stereocenters. The van der Waals surface area contributed by atoms with Crippen molar-refractivity contribution >= 4 is 21.6 Å². The van der Waals surface area contributed by atoms with Crippen molar-refractivity contribution in [2.45, 2.75) is 24.3 Å². The third kappa shape index (κ3) is 2.84. The lowest BCUT2D eigenvalue weighted by molar-refractivity contribution is -0.117. The Balaban J connectivity index is 2.22. The Bertz CT molecular complexity index is 627. The summed E-state index contributed by atoms with van der Waals surface area (Å²) in [6, 6.07) is 4.72. The topological polar surface area (TPSA) is 75.7 Å². The molecule has 2 rings (SSSR count). The third-order valence-electron chi connectivity index (χ3n) is 3.40. The molecule has 1 N–H and O–H groups in total. The first-order valence-corrected chi connectivity index (χ1v) is 7.75. The van der Waals surface area contributed by atoms with Crippen molar-refractivity contribution in [1.29, 1.82) is 0 Å². The van der Waals surface area contributed by atoms with Crippen molar-refractivity contribution in [3.05, 3.63) is 23.8 Å². The van der Waals surface area contributed by atoms with Crippen molar-refractivity contribution in [2.24, 2.45) is 0 Å². The Morgan fingerprint density at radius 2 is 2.15 bits per heavy atom. The fraction of sp³-hybridized carbons (Fsp3) is 0.462. The molecule has 1 amide bonds. The Labute approximate surface area is 118 Å². The van der Waals surface area contributed by atoms with Gasteiger partial charge in [0.25, 0.3) is 0 Å². The number of benzene rings is 1. The van der Waals surface area contributed by atoms with Gasteiger partial charge in [0.15, 0.2) is 0 Å². The summed E-state index contributed by atoms with van der Waals surface area (Å²) >= 11 is 0. The van der Waals surface area contributed by atoms with Gasteiger partial charge in [-0.25, -0.2) is 13.1 Å². The van der Waals surface area contributed by atoms with E-state index in [-0.39, 0.29) is 29.9 Å². The summed E-state index contributed by atoms with van der Waals surface area (Å²) in [5.41, 5.74) is 1.50. The summed E-state index contributed by atoms with van der Waals surface area (Å²) in [7, 11) is -0.377. The number of hydrogen-bond donors (Lipinski definition) is 1. The number of methoxy groups -OCH3 is 1. The molecule has 110 valence electrons. The van der Waals surface area contributed by atoms with Crippen molar-refractivity contribution in [1.82, 2.24) is 4.72 Å². The number of carbonyl (C=O) groups is 1. The molecule has 1 aromatic carbocycles. The van der Waals surface area contributed by atoms with Gasteiger partial charge < -0.3 is 9.64 Å². The third-order valence-corrected chi connectivity index (χ3v) is 4.82. The molecule has 0 radical (unpaired) electrons. The molecule has 0 aromatic heterocycles. The molecular weight excluding hydrogens is 280 g/mol. The molecule has 0 spiro atoms. The molecule has 1 aromatic rings. The average Bonchev–Trinajstić information content (AvgIpc) is 2.71. The number of anilines is 1. The molecule has 6 nitrogen and oxygen atoms in total. The summed E-state index contributed by atoms with van der Waals surface area (Å²) in [6.45, 7) is 1.98. The summed E-state index contributed by atoms with van der Waals surface area (Å²) < 4.78 is 31.8. The molecule has 1 aliphatic heterocycles. The van der Waals surface area contributed by atoms with E-state index in [4.69, 9.17) is 4.74 Å². The molecule has 1 heterocycles. The first kappa shape index (κ1) is 15.0. The second-order valence-corrected chi connectivity index (χ2v) is 6.59. The van der Waals surface area contributed by atoms with Crippen molar-refractivity contribution in [3.63, 3.8) is 0 Å².